The number of ether oxygens (including phenoxy) is 3. The molecular weight excluding hydrogens is 364 g/mol. The first kappa shape index (κ1) is 20.5. The molecule has 0 unspecified atom stereocenters. The fourth-order valence-corrected chi connectivity index (χ4v) is 2.23. The van der Waals surface area contributed by atoms with E-state index in [9.17, 15) is 14.4 Å². The minimum Gasteiger partial charge on any atom is -0.497 e. The van der Waals surface area contributed by atoms with Crippen molar-refractivity contribution in [1.82, 2.24) is 0 Å². The zero-order valence-corrected chi connectivity index (χ0v) is 15.6. The number of rotatable bonds is 7. The van der Waals surface area contributed by atoms with Crippen LogP contribution in [0.4, 0.5) is 11.4 Å². The van der Waals surface area contributed by atoms with Gasteiger partial charge in [-0.1, -0.05) is 12.1 Å². The van der Waals surface area contributed by atoms with Crippen molar-refractivity contribution in [3.63, 3.8) is 0 Å². The summed E-state index contributed by atoms with van der Waals surface area (Å²) < 4.78 is 14.3. The van der Waals surface area contributed by atoms with Crippen LogP contribution in [0.15, 0.2) is 60.3 Å². The van der Waals surface area contributed by atoms with Gasteiger partial charge in [0.15, 0.2) is 0 Å². The van der Waals surface area contributed by atoms with Crippen LogP contribution < -0.4 is 15.4 Å². The monoisotopic (exact) mass is 384 g/mol. The SMILES string of the molecule is COC(=O)/C=C(/Nc1cccc(C(=O)Nc2cccc(OC)c2)c1)C(=O)OC. The zero-order chi connectivity index (χ0) is 20.5. The highest BCUT2D eigenvalue weighted by Gasteiger charge is 2.14. The van der Waals surface area contributed by atoms with E-state index in [4.69, 9.17) is 4.74 Å². The maximum atomic E-state index is 12.5. The van der Waals surface area contributed by atoms with E-state index in [-0.39, 0.29) is 11.6 Å². The average Bonchev–Trinajstić information content (AvgIpc) is 2.72. The Bertz CT molecular complexity index is 907. The molecule has 146 valence electrons. The largest absolute Gasteiger partial charge is 0.497 e. The molecule has 2 N–H and O–H groups in total. The highest BCUT2D eigenvalue weighted by atomic mass is 16.5. The predicted octanol–water partition coefficient (Wildman–Crippen LogP) is 2.59. The van der Waals surface area contributed by atoms with Crippen molar-refractivity contribution in [2.24, 2.45) is 0 Å². The van der Waals surface area contributed by atoms with Crippen molar-refractivity contribution >= 4 is 29.2 Å². The lowest BCUT2D eigenvalue weighted by molar-refractivity contribution is -0.138. The first-order valence-electron chi connectivity index (χ1n) is 8.17. The standard InChI is InChI=1S/C20H20N2O6/c1-26-16-9-5-8-15(11-16)22-19(24)13-6-4-7-14(10-13)21-17(20(25)28-3)12-18(23)27-2/h4-12,21H,1-3H3,(H,22,24)/b17-12+. The fourth-order valence-electron chi connectivity index (χ4n) is 2.23. The summed E-state index contributed by atoms with van der Waals surface area (Å²) in [6.45, 7) is 0. The Balaban J connectivity index is 2.19. The van der Waals surface area contributed by atoms with E-state index < -0.39 is 11.9 Å². The van der Waals surface area contributed by atoms with Crippen LogP contribution in [-0.4, -0.2) is 39.2 Å². The van der Waals surface area contributed by atoms with E-state index in [1.807, 2.05) is 0 Å². The zero-order valence-electron chi connectivity index (χ0n) is 15.6. The normalized spacial score (nSPS) is 10.6. The molecule has 0 spiro atoms. The molecule has 0 radical (unpaired) electrons. The molecule has 0 atom stereocenters. The number of benzene rings is 2. The van der Waals surface area contributed by atoms with Gasteiger partial charge in [0.2, 0.25) is 0 Å². The van der Waals surface area contributed by atoms with E-state index in [1.165, 1.54) is 27.4 Å². The predicted molar refractivity (Wildman–Crippen MR) is 103 cm³/mol. The summed E-state index contributed by atoms with van der Waals surface area (Å²) in [6, 6.07) is 13.4. The molecule has 8 heteroatoms. The quantitative estimate of drug-likeness (QED) is 0.559. The van der Waals surface area contributed by atoms with Crippen molar-refractivity contribution in [2.75, 3.05) is 32.0 Å². The van der Waals surface area contributed by atoms with E-state index in [1.54, 1.807) is 42.5 Å². The van der Waals surface area contributed by atoms with Gasteiger partial charge in [0, 0.05) is 23.0 Å². The molecule has 0 aliphatic heterocycles. The number of methoxy groups -OCH3 is 3. The Kier molecular flexibility index (Phi) is 7.15. The Morgan fingerprint density at radius 1 is 0.857 bits per heavy atom. The van der Waals surface area contributed by atoms with Crippen molar-refractivity contribution in [3.05, 3.63) is 65.9 Å². The molecule has 2 rings (SSSR count). The molecule has 0 saturated carbocycles. The van der Waals surface area contributed by atoms with Crippen LogP contribution in [0.1, 0.15) is 10.4 Å². The lowest BCUT2D eigenvalue weighted by Gasteiger charge is -2.11. The first-order chi connectivity index (χ1) is 13.5. The average molecular weight is 384 g/mol. The molecule has 8 nitrogen and oxygen atoms in total. The third kappa shape index (κ3) is 5.60. The lowest BCUT2D eigenvalue weighted by Crippen LogP contribution is -2.16. The molecule has 2 aromatic carbocycles. The molecular formula is C20H20N2O6. The number of carbonyl (C=O) groups is 3. The van der Waals surface area contributed by atoms with Gasteiger partial charge in [-0.25, -0.2) is 9.59 Å². The first-order valence-corrected chi connectivity index (χ1v) is 8.17. The van der Waals surface area contributed by atoms with Gasteiger partial charge in [-0.3, -0.25) is 4.79 Å². The number of anilines is 2. The van der Waals surface area contributed by atoms with Crippen molar-refractivity contribution in [3.8, 4) is 5.75 Å². The Morgan fingerprint density at radius 3 is 2.18 bits per heavy atom. The Labute approximate surface area is 162 Å². The third-order valence-electron chi connectivity index (χ3n) is 3.60. The number of carbonyl (C=O) groups excluding carboxylic acids is 3. The van der Waals surface area contributed by atoms with Crippen LogP contribution in [0, 0.1) is 0 Å². The van der Waals surface area contributed by atoms with E-state index in [0.717, 1.165) is 6.08 Å². The lowest BCUT2D eigenvalue weighted by atomic mass is 10.1. The molecule has 2 aromatic rings. The smallest absolute Gasteiger partial charge is 0.354 e. The highest BCUT2D eigenvalue weighted by Crippen LogP contribution is 2.19. The fraction of sp³-hybridized carbons (Fsp3) is 0.150. The molecule has 0 aromatic heterocycles. The highest BCUT2D eigenvalue weighted by molar-refractivity contribution is 6.05. The number of hydrogen-bond acceptors (Lipinski definition) is 7. The topological polar surface area (TPSA) is 103 Å². The van der Waals surface area contributed by atoms with Crippen LogP contribution in [0.2, 0.25) is 0 Å². The summed E-state index contributed by atoms with van der Waals surface area (Å²) >= 11 is 0. The summed E-state index contributed by atoms with van der Waals surface area (Å²) in [7, 11) is 3.92. The number of amides is 1. The van der Waals surface area contributed by atoms with Crippen LogP contribution in [-0.2, 0) is 19.1 Å². The summed E-state index contributed by atoms with van der Waals surface area (Å²) in [5.74, 6) is -1.21. The minimum absolute atomic E-state index is 0.125. The van der Waals surface area contributed by atoms with Gasteiger partial charge in [-0.15, -0.1) is 0 Å². The number of hydrogen-bond donors (Lipinski definition) is 2. The summed E-state index contributed by atoms with van der Waals surface area (Å²) in [6.07, 6.45) is 0.967. The van der Waals surface area contributed by atoms with Crippen LogP contribution in [0.5, 0.6) is 5.75 Å². The molecule has 0 fully saturated rings. The van der Waals surface area contributed by atoms with Gasteiger partial charge in [0.25, 0.3) is 5.91 Å². The summed E-state index contributed by atoms with van der Waals surface area (Å²) in [5, 5.41) is 5.52. The van der Waals surface area contributed by atoms with Gasteiger partial charge < -0.3 is 24.8 Å². The van der Waals surface area contributed by atoms with E-state index in [2.05, 4.69) is 20.1 Å². The van der Waals surface area contributed by atoms with Crippen molar-refractivity contribution in [1.29, 1.82) is 0 Å². The van der Waals surface area contributed by atoms with Gasteiger partial charge >= 0.3 is 11.9 Å². The second-order valence-electron chi connectivity index (χ2n) is 5.46. The third-order valence-corrected chi connectivity index (χ3v) is 3.60. The van der Waals surface area contributed by atoms with Gasteiger partial charge in [-0.05, 0) is 30.3 Å². The molecule has 0 saturated heterocycles. The molecule has 1 amide bonds. The van der Waals surface area contributed by atoms with Gasteiger partial charge in [0.1, 0.15) is 11.4 Å². The van der Waals surface area contributed by atoms with E-state index >= 15 is 0 Å². The van der Waals surface area contributed by atoms with Crippen molar-refractivity contribution in [2.45, 2.75) is 0 Å². The molecule has 0 heterocycles. The summed E-state index contributed by atoms with van der Waals surface area (Å²) in [4.78, 5) is 35.8. The maximum Gasteiger partial charge on any atom is 0.354 e. The summed E-state index contributed by atoms with van der Waals surface area (Å²) in [5.41, 5.74) is 1.21. The molecule has 0 aliphatic carbocycles. The van der Waals surface area contributed by atoms with Gasteiger partial charge in [-0.2, -0.15) is 0 Å². The van der Waals surface area contributed by atoms with E-state index in [0.29, 0.717) is 22.7 Å². The van der Waals surface area contributed by atoms with Crippen LogP contribution in [0.3, 0.4) is 0 Å². The minimum atomic E-state index is -0.753. The van der Waals surface area contributed by atoms with Crippen molar-refractivity contribution < 1.29 is 28.6 Å². The molecule has 0 bridgehead atoms. The number of esters is 2. The Hall–Kier alpha value is -3.81. The second kappa shape index (κ2) is 9.77. The molecule has 28 heavy (non-hydrogen) atoms. The second-order valence-corrected chi connectivity index (χ2v) is 5.46. The van der Waals surface area contributed by atoms with Crippen LogP contribution in [0.25, 0.3) is 0 Å². The maximum absolute atomic E-state index is 12.5. The van der Waals surface area contributed by atoms with Crippen LogP contribution >= 0.6 is 0 Å². The molecule has 0 aliphatic rings. The van der Waals surface area contributed by atoms with Gasteiger partial charge in [0.05, 0.1) is 27.4 Å². The number of nitrogens with one attached hydrogen (secondary N) is 2. The Morgan fingerprint density at radius 2 is 1.54 bits per heavy atom.